The highest BCUT2D eigenvalue weighted by atomic mass is 16.5. The molecule has 0 radical (unpaired) electrons. The normalized spacial score (nSPS) is 22.2. The average molecular weight is 685 g/mol. The zero-order valence-electron chi connectivity index (χ0n) is 32.0. The minimum atomic E-state index is -0.115. The first kappa shape index (κ1) is 44.5. The first-order valence-electron chi connectivity index (χ1n) is 20.0. The number of amides is 1. The smallest absolute Gasteiger partial charge is 0.305 e. The Hall–Kier alpha value is -2.55. The molecule has 7 nitrogen and oxygen atoms in total. The van der Waals surface area contributed by atoms with Crippen LogP contribution in [0.2, 0.25) is 0 Å². The number of nitrogens with one attached hydrogen (secondary N) is 1. The molecule has 1 rings (SSSR count). The molecule has 1 heterocycles. The Labute approximate surface area is 300 Å². The van der Waals surface area contributed by atoms with E-state index in [2.05, 4.69) is 42.9 Å². The van der Waals surface area contributed by atoms with Crippen LogP contribution in [0.5, 0.6) is 0 Å². The lowest BCUT2D eigenvalue weighted by Gasteiger charge is -2.26. The van der Waals surface area contributed by atoms with Crippen LogP contribution in [0, 0.1) is 11.8 Å². The molecule has 49 heavy (non-hydrogen) atoms. The maximum Gasteiger partial charge on any atom is 0.305 e. The zero-order chi connectivity index (χ0) is 36.0. The number of nitrogens with zero attached hydrogens (tertiary/aromatic N) is 1. The third-order valence-corrected chi connectivity index (χ3v) is 9.64. The molecule has 0 aromatic rings. The highest BCUT2D eigenvalue weighted by Gasteiger charge is 2.24. The summed E-state index contributed by atoms with van der Waals surface area (Å²) in [4.78, 5) is 39.8. The molecule has 2 unspecified atom stereocenters. The second-order valence-electron chi connectivity index (χ2n) is 14.4. The van der Waals surface area contributed by atoms with Crippen LogP contribution in [-0.4, -0.2) is 62.6 Å². The van der Waals surface area contributed by atoms with Crippen molar-refractivity contribution < 1.29 is 23.9 Å². The fourth-order valence-corrected chi connectivity index (χ4v) is 6.85. The van der Waals surface area contributed by atoms with Gasteiger partial charge in [-0.25, -0.2) is 0 Å². The fourth-order valence-electron chi connectivity index (χ4n) is 6.85. The van der Waals surface area contributed by atoms with E-state index in [0.717, 1.165) is 141 Å². The van der Waals surface area contributed by atoms with Gasteiger partial charge in [0, 0.05) is 18.9 Å². The van der Waals surface area contributed by atoms with E-state index in [4.69, 9.17) is 9.47 Å². The van der Waals surface area contributed by atoms with Crippen molar-refractivity contribution >= 4 is 17.8 Å². The Bertz CT molecular complexity index is 968. The fraction of sp³-hybridized carbons (Fsp3) is 0.810. The van der Waals surface area contributed by atoms with Gasteiger partial charge in [0.1, 0.15) is 0 Å². The van der Waals surface area contributed by atoms with Crippen LogP contribution in [0.4, 0.5) is 0 Å². The molecule has 280 valence electrons. The molecule has 1 aliphatic heterocycles. The number of cyclic esters (lactones) is 2. The van der Waals surface area contributed by atoms with E-state index in [1.807, 2.05) is 19.0 Å². The number of ether oxygens (including phenoxy) is 2. The van der Waals surface area contributed by atoms with Crippen LogP contribution < -0.4 is 5.32 Å². The Balaban J connectivity index is 2.99. The van der Waals surface area contributed by atoms with E-state index in [0.29, 0.717) is 32.6 Å². The van der Waals surface area contributed by atoms with E-state index in [1.54, 1.807) is 0 Å². The summed E-state index contributed by atoms with van der Waals surface area (Å²) in [6.07, 6.45) is 23.5. The topological polar surface area (TPSA) is 84.9 Å². The molecule has 2 atom stereocenters. The Morgan fingerprint density at radius 2 is 1.20 bits per heavy atom. The minimum Gasteiger partial charge on any atom is -0.466 e. The highest BCUT2D eigenvalue weighted by Crippen LogP contribution is 2.33. The number of hydrogen-bond acceptors (Lipinski definition) is 6. The number of allylic oxidation sites excluding steroid dienone is 1. The van der Waals surface area contributed by atoms with Gasteiger partial charge in [-0.1, -0.05) is 115 Å². The molecule has 1 saturated heterocycles. The summed E-state index contributed by atoms with van der Waals surface area (Å²) in [6, 6.07) is 0.200. The molecule has 0 aromatic heterocycles. The van der Waals surface area contributed by atoms with Crippen molar-refractivity contribution in [3.05, 3.63) is 29.3 Å². The van der Waals surface area contributed by atoms with Gasteiger partial charge < -0.3 is 19.7 Å². The Kier molecular flexibility index (Phi) is 27.5. The number of rotatable bonds is 11. The first-order valence-corrected chi connectivity index (χ1v) is 20.0. The van der Waals surface area contributed by atoms with Crippen LogP contribution in [0.15, 0.2) is 29.3 Å². The second-order valence-corrected chi connectivity index (χ2v) is 14.4. The molecule has 0 aromatic carbocycles. The van der Waals surface area contributed by atoms with Crippen LogP contribution in [0.25, 0.3) is 0 Å². The summed E-state index contributed by atoms with van der Waals surface area (Å²) in [5, 5.41) is 3.26. The molecular weight excluding hydrogens is 612 g/mol. The molecule has 1 fully saturated rings. The van der Waals surface area contributed by atoms with Crippen LogP contribution in [0.3, 0.4) is 0 Å². The zero-order valence-corrected chi connectivity index (χ0v) is 32.0. The highest BCUT2D eigenvalue weighted by molar-refractivity contribution is 5.78. The summed E-state index contributed by atoms with van der Waals surface area (Å²) in [6.45, 7) is 9.37. The van der Waals surface area contributed by atoms with Gasteiger partial charge in [0.05, 0.1) is 19.8 Å². The van der Waals surface area contributed by atoms with Crippen molar-refractivity contribution in [3.8, 4) is 0 Å². The summed E-state index contributed by atoms with van der Waals surface area (Å²) >= 11 is 0. The summed E-state index contributed by atoms with van der Waals surface area (Å²) in [7, 11) is 3.83. The second kappa shape index (κ2) is 30.3. The maximum atomic E-state index is 12.7. The average Bonchev–Trinajstić information content (AvgIpc) is 3.06. The van der Waals surface area contributed by atoms with Crippen molar-refractivity contribution in [2.24, 2.45) is 11.8 Å². The lowest BCUT2D eigenvalue weighted by Crippen LogP contribution is -2.40. The van der Waals surface area contributed by atoms with Gasteiger partial charge in [0.2, 0.25) is 5.91 Å². The van der Waals surface area contributed by atoms with E-state index in [1.165, 1.54) is 5.57 Å². The quantitative estimate of drug-likeness (QED) is 0.133. The van der Waals surface area contributed by atoms with Crippen molar-refractivity contribution in [2.45, 2.75) is 174 Å². The van der Waals surface area contributed by atoms with E-state index < -0.39 is 0 Å². The molecule has 1 amide bonds. The predicted octanol–water partition coefficient (Wildman–Crippen LogP) is 9.79. The van der Waals surface area contributed by atoms with Crippen molar-refractivity contribution in [1.29, 1.82) is 0 Å². The van der Waals surface area contributed by atoms with E-state index in [9.17, 15) is 14.4 Å². The number of likely N-dealkylation sites (N-methyl/N-ethyl adjacent to an activating group) is 1. The van der Waals surface area contributed by atoms with Gasteiger partial charge in [-0.05, 0) is 95.2 Å². The van der Waals surface area contributed by atoms with Gasteiger partial charge in [-0.15, -0.1) is 0 Å². The summed E-state index contributed by atoms with van der Waals surface area (Å²) in [5.74, 6) is 0.297. The van der Waals surface area contributed by atoms with Crippen LogP contribution in [-0.2, 0) is 23.9 Å². The van der Waals surface area contributed by atoms with E-state index >= 15 is 0 Å². The lowest BCUT2D eigenvalue weighted by molar-refractivity contribution is -0.144. The molecule has 0 aliphatic carbocycles. The number of hydrogen-bond donors (Lipinski definition) is 1. The van der Waals surface area contributed by atoms with Gasteiger partial charge in [-0.2, -0.15) is 0 Å². The molecule has 1 N–H and O–H groups in total. The van der Waals surface area contributed by atoms with Crippen LogP contribution in [0.1, 0.15) is 168 Å². The SMILES string of the molecule is C=C=C=C=C1C(CCCCC)CCOC(=O)CCCCCCCC(NC(=O)CN(C)C)CCCCCCCC(=O)OCCC1CCCCC. The first-order chi connectivity index (χ1) is 23.8. The Morgan fingerprint density at radius 3 is 1.65 bits per heavy atom. The molecular formula is C42H72N2O5. The van der Waals surface area contributed by atoms with Crippen molar-refractivity contribution in [3.63, 3.8) is 0 Å². The Morgan fingerprint density at radius 1 is 0.735 bits per heavy atom. The number of unbranched alkanes of at least 4 members (excludes halogenated alkanes) is 4. The maximum absolute atomic E-state index is 12.7. The van der Waals surface area contributed by atoms with Gasteiger partial charge in [-0.3, -0.25) is 14.4 Å². The lowest BCUT2D eigenvalue weighted by atomic mass is 9.79. The summed E-state index contributed by atoms with van der Waals surface area (Å²) < 4.78 is 11.6. The molecule has 1 aliphatic rings. The molecule has 0 spiro atoms. The number of esters is 2. The predicted molar refractivity (Wildman–Crippen MR) is 201 cm³/mol. The molecule has 0 bridgehead atoms. The molecule has 7 heteroatoms. The van der Waals surface area contributed by atoms with E-state index in [-0.39, 0.29) is 35.7 Å². The number of carbonyl (C=O) groups excluding carboxylic acids is 3. The molecule has 0 saturated carbocycles. The van der Waals surface area contributed by atoms with Crippen molar-refractivity contribution in [1.82, 2.24) is 10.2 Å². The third-order valence-electron chi connectivity index (χ3n) is 9.64. The van der Waals surface area contributed by atoms with Gasteiger partial charge in [0.25, 0.3) is 0 Å². The third kappa shape index (κ3) is 24.3. The van der Waals surface area contributed by atoms with Crippen LogP contribution >= 0.6 is 0 Å². The largest absolute Gasteiger partial charge is 0.466 e. The number of carbonyl (C=O) groups is 3. The summed E-state index contributed by atoms with van der Waals surface area (Å²) in [5.41, 5.74) is 10.4. The standard InChI is InChI=1S/C42H72N2O5/c1-6-9-18-24-36-31-33-48-41(46)29-22-16-12-14-20-26-38(43-40(45)35-44(4)5)27-21-15-13-17-23-30-42(47)49-34-32-37(25-19-10-7-2)39(36)28-11-8-3/h36-38H,3,6-7,9-10,12-27,29-35H2,1-2,4-5H3,(H,43,45). The van der Waals surface area contributed by atoms with Crippen molar-refractivity contribution in [2.75, 3.05) is 33.9 Å². The minimum absolute atomic E-state index is 0.0866. The van der Waals surface area contributed by atoms with Gasteiger partial charge >= 0.3 is 11.9 Å². The monoisotopic (exact) mass is 685 g/mol. The van der Waals surface area contributed by atoms with Gasteiger partial charge in [0.15, 0.2) is 0 Å².